The molecule has 2 aromatic rings. The van der Waals surface area contributed by atoms with Crippen molar-refractivity contribution in [3.05, 3.63) is 29.4 Å². The highest BCUT2D eigenvalue weighted by molar-refractivity contribution is 7.86. The minimum absolute atomic E-state index is 0.323. The van der Waals surface area contributed by atoms with E-state index in [4.69, 9.17) is 11.6 Å². The number of benzene rings is 1. The third-order valence-corrected chi connectivity index (χ3v) is 3.26. The molecule has 1 heterocycles. The number of aryl methyl sites for hydroxylation is 1. The van der Waals surface area contributed by atoms with E-state index in [9.17, 15) is 12.3 Å². The third kappa shape index (κ3) is 1.72. The highest BCUT2D eigenvalue weighted by Gasteiger charge is 2.19. The Balaban J connectivity index is 2.92. The molecule has 0 bridgehead atoms. The molecule has 0 aliphatic heterocycles. The van der Waals surface area contributed by atoms with Gasteiger partial charge in [0.2, 0.25) is 0 Å². The van der Waals surface area contributed by atoms with Crippen LogP contribution in [0.3, 0.4) is 0 Å². The fraction of sp³-hybridized carbons (Fsp3) is 0.111. The summed E-state index contributed by atoms with van der Waals surface area (Å²) in [6.07, 6.45) is 1.23. The summed E-state index contributed by atoms with van der Waals surface area (Å²) >= 11 is 5.76. The zero-order valence-electron chi connectivity index (χ0n) is 7.74. The molecule has 0 fully saturated rings. The van der Waals surface area contributed by atoms with Crippen LogP contribution in [-0.4, -0.2) is 13.0 Å². The number of fused-ring (bicyclic) bond motifs is 1. The zero-order valence-corrected chi connectivity index (χ0v) is 9.31. The lowest BCUT2D eigenvalue weighted by Crippen LogP contribution is -1.89. The van der Waals surface area contributed by atoms with E-state index >= 15 is 0 Å². The van der Waals surface area contributed by atoms with Crippen molar-refractivity contribution in [1.82, 2.24) is 4.57 Å². The normalized spacial score (nSPS) is 12.2. The molecular weight excluding hydrogens is 241 g/mol. The van der Waals surface area contributed by atoms with Crippen LogP contribution in [0.5, 0.6) is 0 Å². The van der Waals surface area contributed by atoms with Crippen LogP contribution in [0.4, 0.5) is 3.89 Å². The molecular formula is C9H7ClFNO2S. The highest BCUT2D eigenvalue weighted by Crippen LogP contribution is 2.28. The van der Waals surface area contributed by atoms with Gasteiger partial charge in [0.05, 0.1) is 5.52 Å². The van der Waals surface area contributed by atoms with Gasteiger partial charge in [0.15, 0.2) is 0 Å². The van der Waals surface area contributed by atoms with E-state index in [1.54, 1.807) is 13.1 Å². The molecule has 1 aromatic carbocycles. The number of hydrogen-bond acceptors (Lipinski definition) is 2. The Morgan fingerprint density at radius 2 is 2.07 bits per heavy atom. The maximum Gasteiger partial charge on any atom is 0.334 e. The molecule has 0 radical (unpaired) electrons. The van der Waals surface area contributed by atoms with Gasteiger partial charge in [-0.05, 0) is 18.2 Å². The number of hydrogen-bond donors (Lipinski definition) is 0. The van der Waals surface area contributed by atoms with Crippen molar-refractivity contribution >= 4 is 32.7 Å². The van der Waals surface area contributed by atoms with Gasteiger partial charge >= 0.3 is 10.2 Å². The molecule has 2 rings (SSSR count). The van der Waals surface area contributed by atoms with Crippen LogP contribution < -0.4 is 0 Å². The minimum atomic E-state index is -4.69. The smallest absolute Gasteiger partial charge is 0.334 e. The summed E-state index contributed by atoms with van der Waals surface area (Å²) in [5, 5.41) is 0.816. The van der Waals surface area contributed by atoms with E-state index in [1.807, 2.05) is 0 Å². The van der Waals surface area contributed by atoms with Crippen molar-refractivity contribution in [3.8, 4) is 0 Å². The monoisotopic (exact) mass is 247 g/mol. The first-order chi connectivity index (χ1) is 6.89. The minimum Gasteiger partial charge on any atom is -0.349 e. The average Bonchev–Trinajstić information content (AvgIpc) is 2.43. The number of nitrogens with zero attached hydrogens (tertiary/aromatic N) is 1. The molecule has 0 aliphatic rings. The third-order valence-electron chi connectivity index (χ3n) is 2.18. The second-order valence-electron chi connectivity index (χ2n) is 3.20. The van der Waals surface area contributed by atoms with Gasteiger partial charge in [-0.1, -0.05) is 11.6 Å². The highest BCUT2D eigenvalue weighted by atomic mass is 35.5. The van der Waals surface area contributed by atoms with Crippen molar-refractivity contribution in [1.29, 1.82) is 0 Å². The molecule has 6 heteroatoms. The molecule has 1 aromatic heterocycles. The number of halogens is 2. The Kier molecular flexibility index (Phi) is 2.24. The molecule has 0 N–H and O–H groups in total. The largest absolute Gasteiger partial charge is 0.349 e. The summed E-state index contributed by atoms with van der Waals surface area (Å²) < 4.78 is 36.1. The van der Waals surface area contributed by atoms with Crippen LogP contribution in [0, 0.1) is 0 Å². The van der Waals surface area contributed by atoms with Gasteiger partial charge < -0.3 is 4.57 Å². The molecule has 0 saturated heterocycles. The van der Waals surface area contributed by atoms with Gasteiger partial charge in [-0.15, -0.1) is 3.89 Å². The molecule has 3 nitrogen and oxygen atoms in total. The molecule has 0 atom stereocenters. The van der Waals surface area contributed by atoms with Crippen LogP contribution in [0.1, 0.15) is 0 Å². The van der Waals surface area contributed by atoms with Gasteiger partial charge in [-0.25, -0.2) is 0 Å². The summed E-state index contributed by atoms with van der Waals surface area (Å²) in [6.45, 7) is 0. The van der Waals surface area contributed by atoms with E-state index in [2.05, 4.69) is 0 Å². The predicted molar refractivity (Wildman–Crippen MR) is 56.2 cm³/mol. The van der Waals surface area contributed by atoms with Crippen LogP contribution >= 0.6 is 11.6 Å². The van der Waals surface area contributed by atoms with Crippen LogP contribution in [0.25, 0.3) is 10.9 Å². The molecule has 0 saturated carbocycles. The standard InChI is InChI=1S/C9H7ClFNO2S/c1-12-5-9(15(11,13)14)7-3-2-6(10)4-8(7)12/h2-5H,1H3. The van der Waals surface area contributed by atoms with Crippen molar-refractivity contribution in [2.75, 3.05) is 0 Å². The number of aromatic nitrogens is 1. The van der Waals surface area contributed by atoms with Gasteiger partial charge in [0, 0.05) is 23.7 Å². The summed E-state index contributed by atoms with van der Waals surface area (Å²) in [7, 11) is -3.05. The predicted octanol–water partition coefficient (Wildman–Crippen LogP) is 2.49. The maximum atomic E-state index is 12.9. The van der Waals surface area contributed by atoms with Crippen LogP contribution in [0.15, 0.2) is 29.3 Å². The first-order valence-electron chi connectivity index (χ1n) is 4.09. The van der Waals surface area contributed by atoms with Crippen LogP contribution in [-0.2, 0) is 17.3 Å². The summed E-state index contributed by atoms with van der Waals surface area (Å²) in [5.41, 5.74) is 0.582. The van der Waals surface area contributed by atoms with E-state index < -0.39 is 10.2 Å². The van der Waals surface area contributed by atoms with E-state index in [0.29, 0.717) is 15.9 Å². The fourth-order valence-corrected chi connectivity index (χ4v) is 2.40. The first kappa shape index (κ1) is 10.4. The molecule has 0 amide bonds. The van der Waals surface area contributed by atoms with Crippen molar-refractivity contribution in [2.45, 2.75) is 4.90 Å². The molecule has 15 heavy (non-hydrogen) atoms. The Bertz CT molecular complexity index is 633. The molecule has 0 unspecified atom stereocenters. The number of rotatable bonds is 1. The van der Waals surface area contributed by atoms with Gasteiger partial charge in [0.1, 0.15) is 4.90 Å². The SMILES string of the molecule is Cn1cc(S(=O)(=O)F)c2ccc(Cl)cc21. The van der Waals surface area contributed by atoms with Gasteiger partial charge in [0.25, 0.3) is 0 Å². The second kappa shape index (κ2) is 3.21. The summed E-state index contributed by atoms with van der Waals surface area (Å²) in [6, 6.07) is 4.61. The Morgan fingerprint density at radius 1 is 1.40 bits per heavy atom. The lowest BCUT2D eigenvalue weighted by Gasteiger charge is -1.95. The van der Waals surface area contributed by atoms with E-state index in [0.717, 1.165) is 0 Å². The molecule has 80 valence electrons. The lowest BCUT2D eigenvalue weighted by atomic mass is 10.2. The zero-order chi connectivity index (χ0) is 11.2. The molecule has 0 aliphatic carbocycles. The average molecular weight is 248 g/mol. The van der Waals surface area contributed by atoms with E-state index in [1.165, 1.54) is 22.9 Å². The summed E-state index contributed by atoms with van der Waals surface area (Å²) in [4.78, 5) is -0.323. The van der Waals surface area contributed by atoms with Gasteiger partial charge in [-0.2, -0.15) is 8.42 Å². The first-order valence-corrected chi connectivity index (χ1v) is 5.85. The Labute approximate surface area is 91.3 Å². The Morgan fingerprint density at radius 3 is 2.67 bits per heavy atom. The topological polar surface area (TPSA) is 39.1 Å². The molecule has 0 spiro atoms. The quantitative estimate of drug-likeness (QED) is 0.727. The maximum absolute atomic E-state index is 12.9. The van der Waals surface area contributed by atoms with E-state index in [-0.39, 0.29) is 4.90 Å². The summed E-state index contributed by atoms with van der Waals surface area (Å²) in [5.74, 6) is 0. The van der Waals surface area contributed by atoms with Crippen molar-refractivity contribution in [3.63, 3.8) is 0 Å². The van der Waals surface area contributed by atoms with Gasteiger partial charge in [-0.3, -0.25) is 0 Å². The van der Waals surface area contributed by atoms with Crippen molar-refractivity contribution in [2.24, 2.45) is 7.05 Å². The van der Waals surface area contributed by atoms with Crippen LogP contribution in [0.2, 0.25) is 5.02 Å². The lowest BCUT2D eigenvalue weighted by molar-refractivity contribution is 0.553. The van der Waals surface area contributed by atoms with Crippen molar-refractivity contribution < 1.29 is 12.3 Å². The second-order valence-corrected chi connectivity index (χ2v) is 4.96. The Hall–Kier alpha value is -1.07. The fourth-order valence-electron chi connectivity index (χ4n) is 1.51.